The number of ether oxygens (including phenoxy) is 1. The van der Waals surface area contributed by atoms with Crippen molar-refractivity contribution >= 4 is 5.82 Å². The lowest BCUT2D eigenvalue weighted by Gasteiger charge is -2.44. The molecule has 2 aliphatic rings. The fourth-order valence-corrected chi connectivity index (χ4v) is 3.36. The lowest BCUT2D eigenvalue weighted by Crippen LogP contribution is -2.53. The SMILES string of the molecule is CCCNCc1cnc(N2CCOC3CCCCC32)cn1. The molecule has 1 N–H and O–H groups in total. The van der Waals surface area contributed by atoms with Crippen LogP contribution in [-0.4, -0.2) is 41.8 Å². The maximum absolute atomic E-state index is 5.92. The second-order valence-electron chi connectivity index (χ2n) is 6.00. The molecule has 0 bridgehead atoms. The lowest BCUT2D eigenvalue weighted by molar-refractivity contribution is -0.00901. The quantitative estimate of drug-likeness (QED) is 0.842. The summed E-state index contributed by atoms with van der Waals surface area (Å²) in [6.45, 7) is 5.74. The molecule has 1 aromatic rings. The van der Waals surface area contributed by atoms with Crippen LogP contribution in [0.15, 0.2) is 12.4 Å². The molecule has 1 saturated carbocycles. The number of hydrogen-bond donors (Lipinski definition) is 1. The molecule has 5 heteroatoms. The first-order chi connectivity index (χ1) is 10.4. The van der Waals surface area contributed by atoms with E-state index in [4.69, 9.17) is 4.74 Å². The van der Waals surface area contributed by atoms with Crippen LogP contribution in [0.4, 0.5) is 5.82 Å². The first kappa shape index (κ1) is 14.7. The summed E-state index contributed by atoms with van der Waals surface area (Å²) in [7, 11) is 0. The molecule has 1 saturated heterocycles. The average Bonchev–Trinajstić information content (AvgIpc) is 2.55. The van der Waals surface area contributed by atoms with Crippen molar-refractivity contribution in [3.63, 3.8) is 0 Å². The zero-order valence-electron chi connectivity index (χ0n) is 12.9. The van der Waals surface area contributed by atoms with Gasteiger partial charge in [-0.25, -0.2) is 4.98 Å². The van der Waals surface area contributed by atoms with Crippen LogP contribution in [0.3, 0.4) is 0 Å². The molecular weight excluding hydrogens is 264 g/mol. The first-order valence-corrected chi connectivity index (χ1v) is 8.28. The number of aromatic nitrogens is 2. The molecule has 5 nitrogen and oxygen atoms in total. The van der Waals surface area contributed by atoms with Gasteiger partial charge in [0.2, 0.25) is 0 Å². The largest absolute Gasteiger partial charge is 0.374 e. The first-order valence-electron chi connectivity index (χ1n) is 8.28. The van der Waals surface area contributed by atoms with Crippen LogP contribution in [-0.2, 0) is 11.3 Å². The minimum Gasteiger partial charge on any atom is -0.374 e. The van der Waals surface area contributed by atoms with Gasteiger partial charge in [-0.2, -0.15) is 0 Å². The highest BCUT2D eigenvalue weighted by Crippen LogP contribution is 2.30. The maximum Gasteiger partial charge on any atom is 0.147 e. The van der Waals surface area contributed by atoms with Crippen LogP contribution in [0.25, 0.3) is 0 Å². The zero-order valence-corrected chi connectivity index (χ0v) is 12.9. The summed E-state index contributed by atoms with van der Waals surface area (Å²) in [6.07, 6.45) is 10.4. The normalized spacial score (nSPS) is 25.7. The van der Waals surface area contributed by atoms with E-state index in [9.17, 15) is 0 Å². The smallest absolute Gasteiger partial charge is 0.147 e. The Morgan fingerprint density at radius 3 is 3.00 bits per heavy atom. The van der Waals surface area contributed by atoms with E-state index in [1.165, 1.54) is 25.7 Å². The third kappa shape index (κ3) is 3.52. The van der Waals surface area contributed by atoms with Gasteiger partial charge in [0.1, 0.15) is 5.82 Å². The lowest BCUT2D eigenvalue weighted by atomic mass is 9.90. The summed E-state index contributed by atoms with van der Waals surface area (Å²) < 4.78 is 5.92. The predicted octanol–water partition coefficient (Wildman–Crippen LogP) is 2.12. The van der Waals surface area contributed by atoms with E-state index in [-0.39, 0.29) is 0 Å². The van der Waals surface area contributed by atoms with Gasteiger partial charge in [0.15, 0.2) is 0 Å². The molecule has 2 heterocycles. The summed E-state index contributed by atoms with van der Waals surface area (Å²) in [5, 5.41) is 3.36. The molecular formula is C16H26N4O. The number of fused-ring (bicyclic) bond motifs is 1. The van der Waals surface area contributed by atoms with E-state index in [2.05, 4.69) is 27.1 Å². The van der Waals surface area contributed by atoms with Crippen molar-refractivity contribution in [2.45, 2.75) is 57.7 Å². The molecule has 1 aromatic heterocycles. The van der Waals surface area contributed by atoms with Crippen LogP contribution in [0.1, 0.15) is 44.7 Å². The molecule has 0 aromatic carbocycles. The van der Waals surface area contributed by atoms with E-state index >= 15 is 0 Å². The zero-order chi connectivity index (χ0) is 14.5. The van der Waals surface area contributed by atoms with Crippen molar-refractivity contribution in [3.8, 4) is 0 Å². The van der Waals surface area contributed by atoms with E-state index in [0.29, 0.717) is 12.1 Å². The van der Waals surface area contributed by atoms with Crippen molar-refractivity contribution in [1.82, 2.24) is 15.3 Å². The van der Waals surface area contributed by atoms with Crippen molar-refractivity contribution in [1.29, 1.82) is 0 Å². The maximum atomic E-state index is 5.92. The molecule has 0 radical (unpaired) electrons. The molecule has 2 unspecified atom stereocenters. The van der Waals surface area contributed by atoms with Gasteiger partial charge in [0.25, 0.3) is 0 Å². The van der Waals surface area contributed by atoms with Crippen molar-refractivity contribution < 1.29 is 4.74 Å². The third-order valence-electron chi connectivity index (χ3n) is 4.45. The van der Waals surface area contributed by atoms with Crippen molar-refractivity contribution in [2.24, 2.45) is 0 Å². The summed E-state index contributed by atoms with van der Waals surface area (Å²) in [4.78, 5) is 11.6. The molecule has 0 amide bonds. The highest BCUT2D eigenvalue weighted by Gasteiger charge is 2.34. The van der Waals surface area contributed by atoms with Crippen LogP contribution < -0.4 is 10.2 Å². The van der Waals surface area contributed by atoms with Crippen LogP contribution in [0.2, 0.25) is 0 Å². The second kappa shape index (κ2) is 7.18. The topological polar surface area (TPSA) is 50.3 Å². The number of nitrogens with one attached hydrogen (secondary N) is 1. The van der Waals surface area contributed by atoms with Gasteiger partial charge in [-0.1, -0.05) is 19.8 Å². The van der Waals surface area contributed by atoms with Gasteiger partial charge < -0.3 is 15.0 Å². The van der Waals surface area contributed by atoms with Gasteiger partial charge in [-0.15, -0.1) is 0 Å². The molecule has 1 aliphatic carbocycles. The number of anilines is 1. The minimum absolute atomic E-state index is 0.389. The standard InChI is InChI=1S/C16H26N4O/c1-2-7-17-10-13-11-19-16(12-18-13)20-8-9-21-15-6-4-3-5-14(15)20/h11-12,14-15,17H,2-10H2,1H3. The van der Waals surface area contributed by atoms with Gasteiger partial charge in [0, 0.05) is 13.1 Å². The molecule has 2 fully saturated rings. The fraction of sp³-hybridized carbons (Fsp3) is 0.750. The molecule has 0 spiro atoms. The van der Waals surface area contributed by atoms with E-state index in [0.717, 1.165) is 44.2 Å². The number of morpholine rings is 1. The monoisotopic (exact) mass is 290 g/mol. The minimum atomic E-state index is 0.389. The summed E-state index contributed by atoms with van der Waals surface area (Å²) >= 11 is 0. The van der Waals surface area contributed by atoms with Crippen molar-refractivity contribution in [3.05, 3.63) is 18.1 Å². The van der Waals surface area contributed by atoms with Gasteiger partial charge in [-0.3, -0.25) is 4.98 Å². The fourth-order valence-electron chi connectivity index (χ4n) is 3.36. The second-order valence-corrected chi connectivity index (χ2v) is 6.00. The number of nitrogens with zero attached hydrogens (tertiary/aromatic N) is 3. The molecule has 21 heavy (non-hydrogen) atoms. The van der Waals surface area contributed by atoms with Crippen LogP contribution in [0.5, 0.6) is 0 Å². The Balaban J connectivity index is 1.65. The Morgan fingerprint density at radius 2 is 2.19 bits per heavy atom. The Labute approximate surface area is 127 Å². The number of rotatable bonds is 5. The van der Waals surface area contributed by atoms with Gasteiger partial charge in [0.05, 0.1) is 36.8 Å². The average molecular weight is 290 g/mol. The highest BCUT2D eigenvalue weighted by atomic mass is 16.5. The molecule has 116 valence electrons. The third-order valence-corrected chi connectivity index (χ3v) is 4.45. The summed E-state index contributed by atoms with van der Waals surface area (Å²) in [5.74, 6) is 1.01. The molecule has 3 rings (SSSR count). The summed E-state index contributed by atoms with van der Waals surface area (Å²) in [5.41, 5.74) is 1.01. The molecule has 2 atom stereocenters. The van der Waals surface area contributed by atoms with Gasteiger partial charge >= 0.3 is 0 Å². The van der Waals surface area contributed by atoms with E-state index in [1.54, 1.807) is 0 Å². The molecule has 1 aliphatic heterocycles. The summed E-state index contributed by atoms with van der Waals surface area (Å²) in [6, 6.07) is 0.492. The van der Waals surface area contributed by atoms with E-state index < -0.39 is 0 Å². The Kier molecular flexibility index (Phi) is 5.04. The Hall–Kier alpha value is -1.20. The Bertz CT molecular complexity index is 434. The Morgan fingerprint density at radius 1 is 1.29 bits per heavy atom. The van der Waals surface area contributed by atoms with E-state index in [1.807, 2.05) is 12.4 Å². The predicted molar refractivity (Wildman–Crippen MR) is 83.4 cm³/mol. The van der Waals surface area contributed by atoms with Crippen LogP contribution >= 0.6 is 0 Å². The number of hydrogen-bond acceptors (Lipinski definition) is 5. The highest BCUT2D eigenvalue weighted by molar-refractivity contribution is 5.38. The van der Waals surface area contributed by atoms with Crippen molar-refractivity contribution in [2.75, 3.05) is 24.6 Å². The van der Waals surface area contributed by atoms with Gasteiger partial charge in [-0.05, 0) is 25.8 Å². The van der Waals surface area contributed by atoms with Crippen LogP contribution in [0, 0.1) is 0 Å².